The molecule has 1 aliphatic heterocycles. The lowest BCUT2D eigenvalue weighted by Crippen LogP contribution is -2.51. The van der Waals surface area contributed by atoms with Gasteiger partial charge >= 0.3 is 0 Å². The molecule has 0 aromatic rings. The van der Waals surface area contributed by atoms with Crippen molar-refractivity contribution in [1.29, 1.82) is 0 Å². The Kier molecular flexibility index (Phi) is 4.35. The number of nitrogens with zero attached hydrogens (tertiary/aromatic N) is 1. The van der Waals surface area contributed by atoms with Gasteiger partial charge in [-0.05, 0) is 33.2 Å². The Bertz CT molecular complexity index is 165. The third-order valence-electron chi connectivity index (χ3n) is 3.22. The predicted octanol–water partition coefficient (Wildman–Crippen LogP) is 1.08. The molecule has 1 aliphatic rings. The van der Waals surface area contributed by atoms with Gasteiger partial charge in [0, 0.05) is 19.1 Å². The SMILES string of the molecule is CC1CN(C(C)C(C)CN)CC(C)O1. The van der Waals surface area contributed by atoms with Crippen molar-refractivity contribution >= 4 is 0 Å². The van der Waals surface area contributed by atoms with Crippen molar-refractivity contribution in [2.24, 2.45) is 11.7 Å². The van der Waals surface area contributed by atoms with Gasteiger partial charge in [-0.3, -0.25) is 4.90 Å². The average Bonchev–Trinajstić information content (AvgIpc) is 2.14. The summed E-state index contributed by atoms with van der Waals surface area (Å²) in [6.45, 7) is 11.6. The third-order valence-corrected chi connectivity index (χ3v) is 3.22. The molecule has 2 N–H and O–H groups in total. The van der Waals surface area contributed by atoms with Crippen LogP contribution in [0.3, 0.4) is 0 Å². The van der Waals surface area contributed by atoms with E-state index in [4.69, 9.17) is 10.5 Å². The fourth-order valence-corrected chi connectivity index (χ4v) is 2.11. The van der Waals surface area contributed by atoms with E-state index in [1.54, 1.807) is 0 Å². The monoisotopic (exact) mass is 200 g/mol. The molecule has 1 heterocycles. The number of hydrogen-bond acceptors (Lipinski definition) is 3. The molecular formula is C11H24N2O. The molecule has 0 aromatic carbocycles. The fraction of sp³-hybridized carbons (Fsp3) is 1.00. The van der Waals surface area contributed by atoms with E-state index in [-0.39, 0.29) is 0 Å². The van der Waals surface area contributed by atoms with Crippen LogP contribution < -0.4 is 5.73 Å². The molecule has 0 aliphatic carbocycles. The lowest BCUT2D eigenvalue weighted by Gasteiger charge is -2.40. The quantitative estimate of drug-likeness (QED) is 0.741. The smallest absolute Gasteiger partial charge is 0.0678 e. The van der Waals surface area contributed by atoms with E-state index in [1.807, 2.05) is 0 Å². The molecule has 1 saturated heterocycles. The van der Waals surface area contributed by atoms with Gasteiger partial charge in [-0.2, -0.15) is 0 Å². The van der Waals surface area contributed by atoms with E-state index in [0.717, 1.165) is 19.6 Å². The van der Waals surface area contributed by atoms with Crippen LogP contribution in [0.5, 0.6) is 0 Å². The van der Waals surface area contributed by atoms with Gasteiger partial charge in [0.2, 0.25) is 0 Å². The van der Waals surface area contributed by atoms with Crippen LogP contribution in [0, 0.1) is 5.92 Å². The van der Waals surface area contributed by atoms with Gasteiger partial charge in [0.25, 0.3) is 0 Å². The van der Waals surface area contributed by atoms with E-state index in [9.17, 15) is 0 Å². The van der Waals surface area contributed by atoms with Crippen LogP contribution >= 0.6 is 0 Å². The van der Waals surface area contributed by atoms with Gasteiger partial charge in [0.05, 0.1) is 12.2 Å². The first-order valence-corrected chi connectivity index (χ1v) is 5.64. The van der Waals surface area contributed by atoms with E-state index < -0.39 is 0 Å². The fourth-order valence-electron chi connectivity index (χ4n) is 2.11. The minimum atomic E-state index is 0.353. The first kappa shape index (κ1) is 12.0. The molecule has 4 unspecified atom stereocenters. The summed E-state index contributed by atoms with van der Waals surface area (Å²) in [5.74, 6) is 0.562. The molecule has 84 valence electrons. The Balaban J connectivity index is 2.50. The zero-order valence-electron chi connectivity index (χ0n) is 9.86. The van der Waals surface area contributed by atoms with Gasteiger partial charge in [-0.25, -0.2) is 0 Å². The van der Waals surface area contributed by atoms with Crippen LogP contribution in [-0.2, 0) is 4.74 Å². The molecule has 0 bridgehead atoms. The van der Waals surface area contributed by atoms with Crippen LogP contribution in [0.25, 0.3) is 0 Å². The molecule has 1 rings (SSSR count). The minimum absolute atomic E-state index is 0.353. The molecule has 3 nitrogen and oxygen atoms in total. The normalized spacial score (nSPS) is 34.1. The third kappa shape index (κ3) is 2.94. The highest BCUT2D eigenvalue weighted by Crippen LogP contribution is 2.17. The lowest BCUT2D eigenvalue weighted by atomic mass is 10.0. The number of rotatable bonds is 3. The van der Waals surface area contributed by atoms with Crippen molar-refractivity contribution in [1.82, 2.24) is 4.90 Å². The van der Waals surface area contributed by atoms with E-state index in [0.29, 0.717) is 24.2 Å². The van der Waals surface area contributed by atoms with E-state index >= 15 is 0 Å². The molecule has 0 amide bonds. The summed E-state index contributed by atoms with van der Waals surface area (Å²) in [5.41, 5.74) is 5.69. The Morgan fingerprint density at radius 2 is 1.79 bits per heavy atom. The molecule has 1 fully saturated rings. The maximum Gasteiger partial charge on any atom is 0.0678 e. The molecule has 0 radical (unpaired) electrons. The van der Waals surface area contributed by atoms with Crippen LogP contribution in [0.15, 0.2) is 0 Å². The topological polar surface area (TPSA) is 38.5 Å². The number of ether oxygens (including phenoxy) is 1. The summed E-state index contributed by atoms with van der Waals surface area (Å²) in [5, 5.41) is 0. The highest BCUT2D eigenvalue weighted by atomic mass is 16.5. The zero-order chi connectivity index (χ0) is 10.7. The maximum absolute atomic E-state index is 5.71. The molecule has 0 saturated carbocycles. The van der Waals surface area contributed by atoms with Crippen molar-refractivity contribution in [2.75, 3.05) is 19.6 Å². The van der Waals surface area contributed by atoms with Crippen LogP contribution in [-0.4, -0.2) is 42.8 Å². The molecule has 3 heteroatoms. The first-order chi connectivity index (χ1) is 6.54. The number of morpholine rings is 1. The first-order valence-electron chi connectivity index (χ1n) is 5.64. The Labute approximate surface area is 87.6 Å². The van der Waals surface area contributed by atoms with Gasteiger partial charge in [-0.1, -0.05) is 6.92 Å². The standard InChI is InChI=1S/C11H24N2O/c1-8(5-12)11(4)13-6-9(2)14-10(3)7-13/h8-11H,5-7,12H2,1-4H3. The maximum atomic E-state index is 5.71. The van der Waals surface area contributed by atoms with Gasteiger partial charge in [0.1, 0.15) is 0 Å². The summed E-state index contributed by atoms with van der Waals surface area (Å²) in [7, 11) is 0. The Morgan fingerprint density at radius 3 is 2.21 bits per heavy atom. The minimum Gasteiger partial charge on any atom is -0.373 e. The van der Waals surface area contributed by atoms with E-state index in [1.165, 1.54) is 0 Å². The highest BCUT2D eigenvalue weighted by molar-refractivity contribution is 4.80. The molecule has 14 heavy (non-hydrogen) atoms. The van der Waals surface area contributed by atoms with E-state index in [2.05, 4.69) is 32.6 Å². The zero-order valence-corrected chi connectivity index (χ0v) is 9.86. The Morgan fingerprint density at radius 1 is 1.29 bits per heavy atom. The van der Waals surface area contributed by atoms with Crippen LogP contribution in [0.2, 0.25) is 0 Å². The van der Waals surface area contributed by atoms with Crippen LogP contribution in [0.4, 0.5) is 0 Å². The molecule has 4 atom stereocenters. The second kappa shape index (κ2) is 5.10. The average molecular weight is 200 g/mol. The second-order valence-corrected chi connectivity index (χ2v) is 4.66. The highest BCUT2D eigenvalue weighted by Gasteiger charge is 2.27. The Hall–Kier alpha value is -0.120. The van der Waals surface area contributed by atoms with Crippen molar-refractivity contribution in [3.63, 3.8) is 0 Å². The summed E-state index contributed by atoms with van der Waals surface area (Å²) in [6.07, 6.45) is 0.706. The summed E-state index contributed by atoms with van der Waals surface area (Å²) < 4.78 is 5.71. The number of hydrogen-bond donors (Lipinski definition) is 1. The van der Waals surface area contributed by atoms with Crippen molar-refractivity contribution in [3.8, 4) is 0 Å². The molecular weight excluding hydrogens is 176 g/mol. The largest absolute Gasteiger partial charge is 0.373 e. The lowest BCUT2D eigenvalue weighted by molar-refractivity contribution is -0.0834. The predicted molar refractivity (Wildman–Crippen MR) is 59.3 cm³/mol. The number of nitrogens with two attached hydrogens (primary N) is 1. The van der Waals surface area contributed by atoms with Gasteiger partial charge < -0.3 is 10.5 Å². The van der Waals surface area contributed by atoms with Crippen molar-refractivity contribution in [3.05, 3.63) is 0 Å². The summed E-state index contributed by atoms with van der Waals surface area (Å²) in [4.78, 5) is 2.50. The van der Waals surface area contributed by atoms with Crippen LogP contribution in [0.1, 0.15) is 27.7 Å². The van der Waals surface area contributed by atoms with Gasteiger partial charge in [0.15, 0.2) is 0 Å². The second-order valence-electron chi connectivity index (χ2n) is 4.66. The molecule has 0 aromatic heterocycles. The molecule has 0 spiro atoms. The van der Waals surface area contributed by atoms with Crippen molar-refractivity contribution < 1.29 is 4.74 Å². The van der Waals surface area contributed by atoms with Gasteiger partial charge in [-0.15, -0.1) is 0 Å². The summed E-state index contributed by atoms with van der Waals surface area (Å²) >= 11 is 0. The summed E-state index contributed by atoms with van der Waals surface area (Å²) in [6, 6.07) is 0.564. The van der Waals surface area contributed by atoms with Crippen molar-refractivity contribution in [2.45, 2.75) is 45.9 Å².